The summed E-state index contributed by atoms with van der Waals surface area (Å²) < 4.78 is 11.0. The maximum Gasteiger partial charge on any atom is 0.161 e. The third kappa shape index (κ3) is 1.63. The first-order chi connectivity index (χ1) is 7.93. The summed E-state index contributed by atoms with van der Waals surface area (Å²) in [6.45, 7) is 1.27. The van der Waals surface area contributed by atoms with Gasteiger partial charge in [0, 0.05) is 0 Å². The maximum atomic E-state index is 5.56. The van der Waals surface area contributed by atoms with Gasteiger partial charge in [0.2, 0.25) is 0 Å². The zero-order chi connectivity index (χ0) is 10.8. The predicted molar refractivity (Wildman–Crippen MR) is 62.9 cm³/mol. The summed E-state index contributed by atoms with van der Waals surface area (Å²) >= 11 is 0. The molecular weight excluding hydrogens is 200 g/mol. The minimum absolute atomic E-state index is 0.630. The Morgan fingerprint density at radius 2 is 1.44 bits per heavy atom. The molecule has 16 heavy (non-hydrogen) atoms. The first-order valence-corrected chi connectivity index (χ1v) is 5.38. The van der Waals surface area contributed by atoms with Gasteiger partial charge in [-0.2, -0.15) is 0 Å². The van der Waals surface area contributed by atoms with E-state index in [1.807, 2.05) is 30.3 Å². The third-order valence-electron chi connectivity index (χ3n) is 2.65. The molecule has 0 unspecified atom stereocenters. The van der Waals surface area contributed by atoms with Crippen molar-refractivity contribution in [3.63, 3.8) is 0 Å². The number of ether oxygens (including phenoxy) is 2. The molecule has 0 bridgehead atoms. The van der Waals surface area contributed by atoms with Gasteiger partial charge in [-0.15, -0.1) is 0 Å². The lowest BCUT2D eigenvalue weighted by Crippen LogP contribution is -2.15. The molecule has 0 aliphatic carbocycles. The van der Waals surface area contributed by atoms with Crippen LogP contribution in [0.2, 0.25) is 0 Å². The van der Waals surface area contributed by atoms with Gasteiger partial charge in [-0.25, -0.2) is 0 Å². The smallest absolute Gasteiger partial charge is 0.161 e. The van der Waals surface area contributed by atoms with Crippen molar-refractivity contribution in [1.29, 1.82) is 0 Å². The van der Waals surface area contributed by atoms with Crippen molar-refractivity contribution < 1.29 is 9.47 Å². The third-order valence-corrected chi connectivity index (χ3v) is 2.65. The van der Waals surface area contributed by atoms with Crippen LogP contribution in [0.15, 0.2) is 48.5 Å². The van der Waals surface area contributed by atoms with Crippen LogP contribution in [0, 0.1) is 0 Å². The van der Waals surface area contributed by atoms with Gasteiger partial charge in [0.15, 0.2) is 11.5 Å². The lowest BCUT2D eigenvalue weighted by molar-refractivity contribution is 0.171. The highest BCUT2D eigenvalue weighted by Crippen LogP contribution is 2.34. The molecule has 0 saturated heterocycles. The highest BCUT2D eigenvalue weighted by atomic mass is 16.6. The molecule has 0 fully saturated rings. The van der Waals surface area contributed by atoms with Gasteiger partial charge in [0.25, 0.3) is 0 Å². The average molecular weight is 212 g/mol. The fourth-order valence-corrected chi connectivity index (χ4v) is 1.85. The largest absolute Gasteiger partial charge is 0.486 e. The summed E-state index contributed by atoms with van der Waals surface area (Å²) in [5.74, 6) is 1.68. The van der Waals surface area contributed by atoms with Crippen molar-refractivity contribution in [3.05, 3.63) is 48.5 Å². The SMILES string of the molecule is c1ccc(-c2ccc3c(c2)OCCO3)cc1. The lowest BCUT2D eigenvalue weighted by Gasteiger charge is -2.18. The summed E-state index contributed by atoms with van der Waals surface area (Å²) in [5.41, 5.74) is 2.35. The number of hydrogen-bond donors (Lipinski definition) is 0. The molecule has 2 aromatic carbocycles. The van der Waals surface area contributed by atoms with Gasteiger partial charge >= 0.3 is 0 Å². The Kier molecular flexibility index (Phi) is 2.26. The van der Waals surface area contributed by atoms with E-state index in [4.69, 9.17) is 9.47 Å². The molecule has 0 spiro atoms. The van der Waals surface area contributed by atoms with Gasteiger partial charge in [-0.05, 0) is 23.3 Å². The standard InChI is InChI=1S/C14H12O2/c1-2-4-11(5-3-1)12-6-7-13-14(10-12)16-9-8-15-13/h1-7,10H,8-9H2. The zero-order valence-electron chi connectivity index (χ0n) is 8.85. The van der Waals surface area contributed by atoms with E-state index in [-0.39, 0.29) is 0 Å². The Bertz CT molecular complexity index is 491. The number of fused-ring (bicyclic) bond motifs is 1. The molecule has 0 atom stereocenters. The van der Waals surface area contributed by atoms with Crippen molar-refractivity contribution in [3.8, 4) is 22.6 Å². The van der Waals surface area contributed by atoms with Crippen LogP contribution in [-0.4, -0.2) is 13.2 Å². The minimum atomic E-state index is 0.630. The molecule has 0 aromatic heterocycles. The fourth-order valence-electron chi connectivity index (χ4n) is 1.85. The highest BCUT2D eigenvalue weighted by Gasteiger charge is 2.11. The van der Waals surface area contributed by atoms with Gasteiger partial charge in [-0.1, -0.05) is 36.4 Å². The second-order valence-corrected chi connectivity index (χ2v) is 3.72. The summed E-state index contributed by atoms with van der Waals surface area (Å²) in [6, 6.07) is 16.3. The second-order valence-electron chi connectivity index (χ2n) is 3.72. The van der Waals surface area contributed by atoms with Crippen molar-refractivity contribution in [2.24, 2.45) is 0 Å². The van der Waals surface area contributed by atoms with Crippen LogP contribution in [0.5, 0.6) is 11.5 Å². The lowest BCUT2D eigenvalue weighted by atomic mass is 10.1. The molecule has 1 aliphatic rings. The number of hydrogen-bond acceptors (Lipinski definition) is 2. The molecular formula is C14H12O2. The molecule has 1 heterocycles. The zero-order valence-corrected chi connectivity index (χ0v) is 8.85. The average Bonchev–Trinajstić information content (AvgIpc) is 2.39. The summed E-state index contributed by atoms with van der Waals surface area (Å²) in [6.07, 6.45) is 0. The molecule has 0 radical (unpaired) electrons. The Balaban J connectivity index is 2.03. The van der Waals surface area contributed by atoms with E-state index in [0.717, 1.165) is 17.1 Å². The molecule has 2 aromatic rings. The van der Waals surface area contributed by atoms with Crippen LogP contribution >= 0.6 is 0 Å². The monoisotopic (exact) mass is 212 g/mol. The van der Waals surface area contributed by atoms with Gasteiger partial charge in [0.1, 0.15) is 13.2 Å². The highest BCUT2D eigenvalue weighted by molar-refractivity contribution is 5.67. The van der Waals surface area contributed by atoms with E-state index in [0.29, 0.717) is 13.2 Å². The van der Waals surface area contributed by atoms with Crippen LogP contribution in [0.4, 0.5) is 0 Å². The quantitative estimate of drug-likeness (QED) is 0.723. The van der Waals surface area contributed by atoms with Gasteiger partial charge < -0.3 is 9.47 Å². The van der Waals surface area contributed by atoms with Crippen molar-refractivity contribution in [1.82, 2.24) is 0 Å². The van der Waals surface area contributed by atoms with Gasteiger partial charge in [0.05, 0.1) is 0 Å². The predicted octanol–water partition coefficient (Wildman–Crippen LogP) is 3.12. The molecule has 0 amide bonds. The topological polar surface area (TPSA) is 18.5 Å². The number of rotatable bonds is 1. The van der Waals surface area contributed by atoms with Gasteiger partial charge in [-0.3, -0.25) is 0 Å². The Morgan fingerprint density at radius 3 is 2.25 bits per heavy atom. The van der Waals surface area contributed by atoms with E-state index in [9.17, 15) is 0 Å². The van der Waals surface area contributed by atoms with Crippen LogP contribution < -0.4 is 9.47 Å². The molecule has 2 nitrogen and oxygen atoms in total. The van der Waals surface area contributed by atoms with Crippen LogP contribution in [0.25, 0.3) is 11.1 Å². The second kappa shape index (κ2) is 3.89. The molecule has 0 N–H and O–H groups in total. The van der Waals surface area contributed by atoms with E-state index in [1.54, 1.807) is 0 Å². The van der Waals surface area contributed by atoms with Crippen LogP contribution in [0.1, 0.15) is 0 Å². The molecule has 80 valence electrons. The van der Waals surface area contributed by atoms with Crippen molar-refractivity contribution >= 4 is 0 Å². The summed E-state index contributed by atoms with van der Waals surface area (Å²) in [7, 11) is 0. The summed E-state index contributed by atoms with van der Waals surface area (Å²) in [5, 5.41) is 0. The number of benzene rings is 2. The van der Waals surface area contributed by atoms with Crippen LogP contribution in [-0.2, 0) is 0 Å². The van der Waals surface area contributed by atoms with E-state index >= 15 is 0 Å². The summed E-state index contributed by atoms with van der Waals surface area (Å²) in [4.78, 5) is 0. The Morgan fingerprint density at radius 1 is 0.688 bits per heavy atom. The Labute approximate surface area is 94.4 Å². The van der Waals surface area contributed by atoms with E-state index < -0.39 is 0 Å². The van der Waals surface area contributed by atoms with E-state index in [2.05, 4.69) is 18.2 Å². The first-order valence-electron chi connectivity index (χ1n) is 5.38. The molecule has 2 heteroatoms. The van der Waals surface area contributed by atoms with Crippen molar-refractivity contribution in [2.45, 2.75) is 0 Å². The van der Waals surface area contributed by atoms with Crippen molar-refractivity contribution in [2.75, 3.05) is 13.2 Å². The normalized spacial score (nSPS) is 13.5. The Hall–Kier alpha value is -1.96. The molecule has 3 rings (SSSR count). The fraction of sp³-hybridized carbons (Fsp3) is 0.143. The van der Waals surface area contributed by atoms with E-state index in [1.165, 1.54) is 5.56 Å². The first kappa shape index (κ1) is 9.28. The molecule has 0 saturated carbocycles. The van der Waals surface area contributed by atoms with Crippen LogP contribution in [0.3, 0.4) is 0 Å². The minimum Gasteiger partial charge on any atom is -0.486 e. The molecule has 1 aliphatic heterocycles. The maximum absolute atomic E-state index is 5.56.